The third-order valence-electron chi connectivity index (χ3n) is 8.78. The van der Waals surface area contributed by atoms with Gasteiger partial charge in [0.05, 0.1) is 26.4 Å². The van der Waals surface area contributed by atoms with E-state index in [0.717, 1.165) is 37.1 Å². The van der Waals surface area contributed by atoms with Crippen molar-refractivity contribution in [3.8, 4) is 11.5 Å². The van der Waals surface area contributed by atoms with E-state index in [1.165, 1.54) is 0 Å². The number of H-pyrrole nitrogens is 1. The number of methoxy groups -OCH3 is 2. The van der Waals surface area contributed by atoms with Crippen LogP contribution < -0.4 is 19.8 Å². The van der Waals surface area contributed by atoms with Crippen molar-refractivity contribution in [3.63, 3.8) is 0 Å². The van der Waals surface area contributed by atoms with Crippen molar-refractivity contribution in [2.45, 2.75) is 38.0 Å². The fraction of sp³-hybridized carbons (Fsp3) is 0.342. The van der Waals surface area contributed by atoms with Crippen LogP contribution in [0.1, 0.15) is 57.6 Å². The van der Waals surface area contributed by atoms with E-state index in [1.54, 1.807) is 50.9 Å². The van der Waals surface area contributed by atoms with Gasteiger partial charge < -0.3 is 23.8 Å². The van der Waals surface area contributed by atoms with Crippen LogP contribution in [0.25, 0.3) is 0 Å². The fourth-order valence-electron chi connectivity index (χ4n) is 5.81. The Morgan fingerprint density at radius 2 is 1.57 bits per heavy atom. The van der Waals surface area contributed by atoms with Gasteiger partial charge in [-0.1, -0.05) is 71.7 Å². The molecule has 5 rings (SSSR count). The monoisotopic (exact) mass is 706 g/mol. The fourth-order valence-corrected chi connectivity index (χ4v) is 6.34. The molecule has 11 heteroatoms. The highest BCUT2D eigenvalue weighted by atomic mass is 35.5. The molecular weight excluding hydrogens is 665 g/mol. The summed E-state index contributed by atoms with van der Waals surface area (Å²) in [5, 5.41) is 4.20. The lowest BCUT2D eigenvalue weighted by Crippen LogP contribution is -2.34. The first-order chi connectivity index (χ1) is 23.7. The Balaban J connectivity index is 1.27. The van der Waals surface area contributed by atoms with E-state index in [0.29, 0.717) is 57.3 Å². The number of benzene rings is 3. The molecule has 0 saturated carbocycles. The highest BCUT2D eigenvalue weighted by molar-refractivity contribution is 6.35. The molecule has 1 fully saturated rings. The molecule has 2 N–H and O–H groups in total. The third-order valence-corrected chi connectivity index (χ3v) is 9.46. The molecule has 3 aromatic carbocycles. The van der Waals surface area contributed by atoms with Gasteiger partial charge in [0.25, 0.3) is 0 Å². The Morgan fingerprint density at radius 1 is 0.898 bits per heavy atom. The molecule has 1 aromatic heterocycles. The van der Waals surface area contributed by atoms with Gasteiger partial charge in [0, 0.05) is 18.5 Å². The number of hydrogen-bond acceptors (Lipinski definition) is 8. The van der Waals surface area contributed by atoms with Crippen molar-refractivity contribution < 1.29 is 33.5 Å². The summed E-state index contributed by atoms with van der Waals surface area (Å²) in [6.07, 6.45) is 4.77. The Kier molecular flexibility index (Phi) is 12.9. The molecule has 1 aliphatic heterocycles. The summed E-state index contributed by atoms with van der Waals surface area (Å²) in [5.74, 6) is 0.592. The zero-order valence-corrected chi connectivity index (χ0v) is 29.4. The van der Waals surface area contributed by atoms with Crippen LogP contribution in [0.5, 0.6) is 11.5 Å². The summed E-state index contributed by atoms with van der Waals surface area (Å²) in [6, 6.07) is 21.3. The summed E-state index contributed by atoms with van der Waals surface area (Å²) >= 11 is 12.9. The van der Waals surface area contributed by atoms with Crippen molar-refractivity contribution in [3.05, 3.63) is 123 Å². The molecule has 0 aliphatic carbocycles. The number of ether oxygens (including phenoxy) is 4. The predicted octanol–water partition coefficient (Wildman–Crippen LogP) is 6.68. The normalized spacial score (nSPS) is 14.9. The molecule has 0 bridgehead atoms. The van der Waals surface area contributed by atoms with Crippen molar-refractivity contribution in [2.24, 2.45) is 5.92 Å². The van der Waals surface area contributed by atoms with Crippen LogP contribution in [0.2, 0.25) is 10.0 Å². The number of aromatic amines is 1. The first kappa shape index (κ1) is 36.1. The van der Waals surface area contributed by atoms with Gasteiger partial charge in [-0.25, -0.2) is 14.6 Å². The van der Waals surface area contributed by atoms with E-state index in [-0.39, 0.29) is 12.4 Å². The predicted molar refractivity (Wildman–Crippen MR) is 188 cm³/mol. The molecule has 2 atom stereocenters. The number of carbonyl (C=O) groups is 2. The number of nitrogens with zero attached hydrogens (tertiary/aromatic N) is 1. The highest BCUT2D eigenvalue weighted by Gasteiger charge is 2.26. The van der Waals surface area contributed by atoms with Gasteiger partial charge in [-0.15, -0.1) is 0 Å². The van der Waals surface area contributed by atoms with Crippen molar-refractivity contribution >= 4 is 35.1 Å². The second-order valence-corrected chi connectivity index (χ2v) is 13.0. The van der Waals surface area contributed by atoms with E-state index in [2.05, 4.69) is 22.2 Å². The van der Waals surface area contributed by atoms with Crippen LogP contribution in [-0.2, 0) is 27.2 Å². The second-order valence-electron chi connectivity index (χ2n) is 12.1. The standard InChI is InChI=1S/C38H41Cl2N3O6/c1-43-17-15-26(16-18-43)24-48-38(45)36(27-7-5-4-6-8-27)42-21-25-9-11-28(12-10-25)37(44)49-34(20-30-31(39)22-41-23-32(30)40)29-13-14-33(46-2)35(19-29)47-3/h4-14,19,22-23,26,34,36,42H,15-18,20-21,24H2,1-3H3/p+1/t34-,36?/m0/s1. The minimum atomic E-state index is -0.738. The number of halogens is 2. The third kappa shape index (κ3) is 9.73. The number of likely N-dealkylation sites (tertiary alicyclic amines) is 1. The lowest BCUT2D eigenvalue weighted by atomic mass is 9.98. The first-order valence-corrected chi connectivity index (χ1v) is 17.0. The minimum Gasteiger partial charge on any atom is -0.493 e. The SMILES string of the molecule is COc1ccc([C@H](Cc2c(Cl)c[nH+]cc2Cl)OC(=O)c2ccc(CNC(C(=O)OCC3CCN(C)CC3)c3ccccc3)cc2)cc1OC. The van der Waals surface area contributed by atoms with Gasteiger partial charge in [-0.05, 0) is 79.9 Å². The molecule has 9 nitrogen and oxygen atoms in total. The van der Waals surface area contributed by atoms with Gasteiger partial charge in [-0.2, -0.15) is 0 Å². The topological polar surface area (TPSA) is 100 Å². The Hall–Kier alpha value is -4.15. The van der Waals surface area contributed by atoms with E-state index in [1.807, 2.05) is 48.5 Å². The largest absolute Gasteiger partial charge is 0.493 e. The summed E-state index contributed by atoms with van der Waals surface area (Å²) in [5.41, 5.74) is 3.39. The number of carbonyl (C=O) groups excluding carboxylic acids is 2. The highest BCUT2D eigenvalue weighted by Crippen LogP contribution is 2.35. The summed E-state index contributed by atoms with van der Waals surface area (Å²) in [7, 11) is 5.21. The number of aromatic nitrogens is 1. The number of nitrogens with one attached hydrogen (secondary N) is 2. The summed E-state index contributed by atoms with van der Waals surface area (Å²) < 4.78 is 22.8. The molecular formula is C38H42Cl2N3O6+. The molecule has 258 valence electrons. The molecule has 1 aliphatic rings. The van der Waals surface area contributed by atoms with Crippen molar-refractivity contribution in [1.82, 2.24) is 10.2 Å². The van der Waals surface area contributed by atoms with Crippen LogP contribution in [-0.4, -0.2) is 57.8 Å². The van der Waals surface area contributed by atoms with Gasteiger partial charge in [-0.3, -0.25) is 5.32 Å². The van der Waals surface area contributed by atoms with E-state index in [4.69, 9.17) is 42.1 Å². The van der Waals surface area contributed by atoms with Gasteiger partial charge in [0.15, 0.2) is 23.9 Å². The molecule has 0 radical (unpaired) electrons. The maximum atomic E-state index is 13.5. The van der Waals surface area contributed by atoms with E-state index < -0.39 is 18.1 Å². The molecule has 0 amide bonds. The summed E-state index contributed by atoms with van der Waals surface area (Å²) in [6.45, 7) is 2.82. The average molecular weight is 708 g/mol. The van der Waals surface area contributed by atoms with Crippen LogP contribution >= 0.6 is 23.2 Å². The van der Waals surface area contributed by atoms with Gasteiger partial charge in [0.1, 0.15) is 22.2 Å². The van der Waals surface area contributed by atoms with E-state index >= 15 is 0 Å². The molecule has 49 heavy (non-hydrogen) atoms. The second kappa shape index (κ2) is 17.5. The molecule has 0 spiro atoms. The molecule has 2 heterocycles. The maximum absolute atomic E-state index is 13.5. The molecule has 1 unspecified atom stereocenters. The molecule has 4 aromatic rings. The lowest BCUT2D eigenvalue weighted by Gasteiger charge is -2.29. The minimum absolute atomic E-state index is 0.227. The van der Waals surface area contributed by atoms with Crippen LogP contribution in [0, 0.1) is 5.92 Å². The quantitative estimate of drug-likeness (QED) is 0.145. The zero-order valence-electron chi connectivity index (χ0n) is 27.9. The lowest BCUT2D eigenvalue weighted by molar-refractivity contribution is -0.377. The van der Waals surface area contributed by atoms with Crippen molar-refractivity contribution in [2.75, 3.05) is 41.0 Å². The Labute approximate surface area is 297 Å². The zero-order chi connectivity index (χ0) is 34.8. The van der Waals surface area contributed by atoms with E-state index in [9.17, 15) is 9.59 Å². The summed E-state index contributed by atoms with van der Waals surface area (Å²) in [4.78, 5) is 32.0. The average Bonchev–Trinajstić information content (AvgIpc) is 3.13. The number of piperidine rings is 1. The van der Waals surface area contributed by atoms with Crippen LogP contribution in [0.3, 0.4) is 0 Å². The van der Waals surface area contributed by atoms with Crippen LogP contribution in [0.4, 0.5) is 0 Å². The smallest absolute Gasteiger partial charge is 0.338 e. The van der Waals surface area contributed by atoms with Crippen LogP contribution in [0.15, 0.2) is 85.2 Å². The van der Waals surface area contributed by atoms with Crippen molar-refractivity contribution in [1.29, 1.82) is 0 Å². The molecule has 1 saturated heterocycles. The number of pyridine rings is 1. The number of rotatable bonds is 14. The van der Waals surface area contributed by atoms with Gasteiger partial charge in [0.2, 0.25) is 0 Å². The maximum Gasteiger partial charge on any atom is 0.338 e. The number of hydrogen-bond donors (Lipinski definition) is 1. The van der Waals surface area contributed by atoms with Gasteiger partial charge >= 0.3 is 11.9 Å². The Morgan fingerprint density at radius 3 is 2.22 bits per heavy atom. The number of esters is 2. The first-order valence-electron chi connectivity index (χ1n) is 16.2. The Bertz CT molecular complexity index is 1680.